The third kappa shape index (κ3) is 12.5. The molecule has 0 aliphatic carbocycles. The summed E-state index contributed by atoms with van der Waals surface area (Å²) in [5.74, 6) is 0.247. The second-order valence-corrected chi connectivity index (χ2v) is 11.9. The van der Waals surface area contributed by atoms with E-state index >= 15 is 0 Å². The van der Waals surface area contributed by atoms with Gasteiger partial charge in [0, 0.05) is 17.5 Å². The van der Waals surface area contributed by atoms with Crippen LogP contribution in [0, 0.1) is 0 Å². The molecule has 7 nitrogen and oxygen atoms in total. The molecule has 206 valence electrons. The summed E-state index contributed by atoms with van der Waals surface area (Å²) in [4.78, 5) is 27.1. The zero-order valence-electron chi connectivity index (χ0n) is 23.4. The number of nitrogens with two attached hydrogens (primary N) is 1. The molecule has 1 rings (SSSR count). The number of carbonyl (C=O) groups is 2. The lowest BCUT2D eigenvalue weighted by atomic mass is 10.1. The van der Waals surface area contributed by atoms with Gasteiger partial charge in [0.1, 0.15) is 5.60 Å². The quantitative estimate of drug-likeness (QED) is 0.303. The first-order valence-corrected chi connectivity index (χ1v) is 14.4. The van der Waals surface area contributed by atoms with E-state index in [1.54, 1.807) is 18.7 Å². The highest BCUT2D eigenvalue weighted by molar-refractivity contribution is 7.99. The smallest absolute Gasteiger partial charge is 0.410 e. The molecule has 2 amide bonds. The first kappa shape index (κ1) is 32.3. The van der Waals surface area contributed by atoms with E-state index in [0.29, 0.717) is 17.5 Å². The highest BCUT2D eigenvalue weighted by atomic mass is 32.2. The summed E-state index contributed by atoms with van der Waals surface area (Å²) in [6, 6.07) is 6.78. The van der Waals surface area contributed by atoms with Crippen molar-refractivity contribution in [3.8, 4) is 0 Å². The first-order chi connectivity index (χ1) is 16.9. The number of aliphatic hydroxyl groups excluding tert-OH is 1. The molecule has 1 aromatic rings. The Balaban J connectivity index is 2.79. The van der Waals surface area contributed by atoms with Gasteiger partial charge in [-0.15, -0.1) is 0 Å². The minimum Gasteiger partial charge on any atom is -0.444 e. The Morgan fingerprint density at radius 1 is 1.14 bits per heavy atom. The molecule has 0 radical (unpaired) electrons. The van der Waals surface area contributed by atoms with Crippen molar-refractivity contribution in [2.75, 3.05) is 12.3 Å². The van der Waals surface area contributed by atoms with Crippen molar-refractivity contribution in [1.82, 2.24) is 10.2 Å². The molecule has 36 heavy (non-hydrogen) atoms. The molecule has 0 heterocycles. The average Bonchev–Trinajstić information content (AvgIpc) is 2.81. The van der Waals surface area contributed by atoms with E-state index in [0.717, 1.165) is 37.7 Å². The number of thioether (sulfide) groups is 1. The number of carbonyl (C=O) groups excluding carboxylic acids is 2. The van der Waals surface area contributed by atoms with Crippen molar-refractivity contribution in [3.05, 3.63) is 35.4 Å². The lowest BCUT2D eigenvalue weighted by Gasteiger charge is -2.31. The number of hydrogen-bond acceptors (Lipinski definition) is 6. The van der Waals surface area contributed by atoms with Gasteiger partial charge in [0.25, 0.3) is 0 Å². The Morgan fingerprint density at radius 2 is 1.75 bits per heavy atom. The van der Waals surface area contributed by atoms with Gasteiger partial charge in [0.15, 0.2) is 0 Å². The van der Waals surface area contributed by atoms with E-state index in [9.17, 15) is 14.7 Å². The van der Waals surface area contributed by atoms with Crippen LogP contribution in [0.15, 0.2) is 24.3 Å². The number of aliphatic hydroxyl groups is 1. The van der Waals surface area contributed by atoms with Gasteiger partial charge in [-0.2, -0.15) is 11.8 Å². The fourth-order valence-corrected chi connectivity index (χ4v) is 5.22. The molecule has 0 saturated carbocycles. The highest BCUT2D eigenvalue weighted by Gasteiger charge is 2.28. The summed E-state index contributed by atoms with van der Waals surface area (Å²) >= 11 is 1.75. The van der Waals surface area contributed by atoms with Crippen LogP contribution in [0.1, 0.15) is 85.3 Å². The van der Waals surface area contributed by atoms with E-state index in [4.69, 9.17) is 10.5 Å². The number of nitrogens with one attached hydrogen (secondary N) is 1. The Bertz CT molecular complexity index is 793. The van der Waals surface area contributed by atoms with E-state index in [-0.39, 0.29) is 12.5 Å². The van der Waals surface area contributed by atoms with Crippen molar-refractivity contribution >= 4 is 23.8 Å². The van der Waals surface area contributed by atoms with Crippen LogP contribution in [0.4, 0.5) is 4.79 Å². The molecular weight excluding hydrogens is 474 g/mol. The molecule has 4 N–H and O–H groups in total. The van der Waals surface area contributed by atoms with Gasteiger partial charge >= 0.3 is 6.09 Å². The molecule has 0 aliphatic rings. The van der Waals surface area contributed by atoms with Crippen LogP contribution < -0.4 is 11.1 Å². The normalized spacial score (nSPS) is 14.3. The second kappa shape index (κ2) is 16.2. The molecule has 0 saturated heterocycles. The number of aryl methyl sites for hydroxylation is 1. The molecule has 0 aliphatic heterocycles. The lowest BCUT2D eigenvalue weighted by Crippen LogP contribution is -2.52. The van der Waals surface area contributed by atoms with Crippen molar-refractivity contribution in [2.24, 2.45) is 5.73 Å². The fraction of sp³-hybridized carbons (Fsp3) is 0.714. The molecule has 0 bridgehead atoms. The maximum atomic E-state index is 12.9. The Morgan fingerprint density at radius 3 is 2.31 bits per heavy atom. The van der Waals surface area contributed by atoms with Crippen LogP contribution >= 0.6 is 11.8 Å². The third-order valence-corrected chi connectivity index (χ3v) is 7.34. The van der Waals surface area contributed by atoms with E-state index in [2.05, 4.69) is 32.2 Å². The van der Waals surface area contributed by atoms with E-state index < -0.39 is 29.9 Å². The van der Waals surface area contributed by atoms with E-state index in [1.807, 2.05) is 39.0 Å². The molecule has 8 heteroatoms. The van der Waals surface area contributed by atoms with Crippen molar-refractivity contribution in [1.29, 1.82) is 0 Å². The van der Waals surface area contributed by atoms with Crippen molar-refractivity contribution < 1.29 is 19.4 Å². The molecule has 0 aromatic heterocycles. The average molecular weight is 524 g/mol. The van der Waals surface area contributed by atoms with Gasteiger partial charge < -0.3 is 25.8 Å². The number of nitrogens with zero attached hydrogens (tertiary/aromatic N) is 1. The van der Waals surface area contributed by atoms with Gasteiger partial charge in [-0.1, -0.05) is 57.9 Å². The maximum absolute atomic E-state index is 12.9. The number of hydrogen-bond donors (Lipinski definition) is 3. The molecule has 3 unspecified atom stereocenters. The monoisotopic (exact) mass is 523 g/mol. The zero-order valence-corrected chi connectivity index (χ0v) is 24.2. The summed E-state index contributed by atoms with van der Waals surface area (Å²) in [5.41, 5.74) is 7.62. The predicted molar refractivity (Wildman–Crippen MR) is 150 cm³/mol. The van der Waals surface area contributed by atoms with Gasteiger partial charge in [0.05, 0.1) is 24.7 Å². The summed E-state index contributed by atoms with van der Waals surface area (Å²) < 4.78 is 5.59. The molecule has 0 spiro atoms. The summed E-state index contributed by atoms with van der Waals surface area (Å²) in [6.45, 7) is 13.9. The SMILES string of the molecule is CCCC(CCC)SCC(N)C(=O)NC(C)C(O)CN(Cc1cccc(CC)c1)C(=O)OC(C)(C)C. The minimum atomic E-state index is -0.983. The number of rotatable bonds is 15. The lowest BCUT2D eigenvalue weighted by molar-refractivity contribution is -0.123. The first-order valence-electron chi connectivity index (χ1n) is 13.3. The zero-order chi connectivity index (χ0) is 27.3. The molecule has 3 atom stereocenters. The van der Waals surface area contributed by atoms with Crippen molar-refractivity contribution in [3.63, 3.8) is 0 Å². The van der Waals surface area contributed by atoms with Crippen LogP contribution in [-0.4, -0.2) is 63.3 Å². The molecule has 0 fully saturated rings. The minimum absolute atomic E-state index is 0.0196. The van der Waals surface area contributed by atoms with Crippen LogP contribution in [-0.2, 0) is 22.5 Å². The van der Waals surface area contributed by atoms with Crippen molar-refractivity contribution in [2.45, 2.75) is 116 Å². The molecule has 1 aromatic carbocycles. The van der Waals surface area contributed by atoms with E-state index in [1.165, 1.54) is 10.5 Å². The second-order valence-electron chi connectivity index (χ2n) is 10.5. The maximum Gasteiger partial charge on any atom is 0.410 e. The van der Waals surface area contributed by atoms with Gasteiger partial charge in [0.2, 0.25) is 5.91 Å². The van der Waals surface area contributed by atoms with Crippen LogP contribution in [0.3, 0.4) is 0 Å². The van der Waals surface area contributed by atoms with Gasteiger partial charge in [-0.25, -0.2) is 4.79 Å². The largest absolute Gasteiger partial charge is 0.444 e. The number of ether oxygens (including phenoxy) is 1. The third-order valence-electron chi connectivity index (χ3n) is 5.85. The fourth-order valence-electron chi connectivity index (χ4n) is 3.78. The predicted octanol–water partition coefficient (Wildman–Crippen LogP) is 4.88. The summed E-state index contributed by atoms with van der Waals surface area (Å²) in [5, 5.41) is 14.2. The summed E-state index contributed by atoms with van der Waals surface area (Å²) in [7, 11) is 0. The van der Waals surface area contributed by atoms with Crippen LogP contribution in [0.5, 0.6) is 0 Å². The van der Waals surface area contributed by atoms with Crippen LogP contribution in [0.2, 0.25) is 0 Å². The molecular formula is C28H49N3O4S. The van der Waals surface area contributed by atoms with Gasteiger partial charge in [-0.3, -0.25) is 4.79 Å². The Labute approximate surface area is 222 Å². The summed E-state index contributed by atoms with van der Waals surface area (Å²) in [6.07, 6.45) is 3.85. The van der Waals surface area contributed by atoms with Crippen LogP contribution in [0.25, 0.3) is 0 Å². The Kier molecular flexibility index (Phi) is 14.5. The van der Waals surface area contributed by atoms with Gasteiger partial charge in [-0.05, 0) is 58.1 Å². The topological polar surface area (TPSA) is 105 Å². The number of amides is 2. The standard InChI is InChI=1S/C28H49N3O4S/c1-8-12-23(13-9-2)36-19-24(29)26(33)30-20(4)25(32)18-31(27(34)35-28(5,6)7)17-22-15-11-14-21(10-3)16-22/h11,14-16,20,23-25,32H,8-10,12-13,17-19,29H2,1-7H3,(H,30,33). The number of benzene rings is 1. The Hall–Kier alpha value is -1.77. The highest BCUT2D eigenvalue weighted by Crippen LogP contribution is 2.22.